The van der Waals surface area contributed by atoms with Crippen molar-refractivity contribution in [2.75, 3.05) is 17.2 Å². The molecule has 0 aromatic heterocycles. The van der Waals surface area contributed by atoms with Crippen LogP contribution in [-0.2, 0) is 4.74 Å². The second-order valence-corrected chi connectivity index (χ2v) is 5.99. The molecule has 1 aromatic carbocycles. The fourth-order valence-corrected chi connectivity index (χ4v) is 1.68. The molecule has 0 aliphatic heterocycles. The van der Waals surface area contributed by atoms with Crippen LogP contribution in [0.2, 0.25) is 0 Å². The second-order valence-electron chi connectivity index (χ2n) is 5.99. The van der Waals surface area contributed by atoms with E-state index in [1.165, 1.54) is 0 Å². The highest BCUT2D eigenvalue weighted by atomic mass is 16.6. The Morgan fingerprint density at radius 1 is 1.18 bits per heavy atom. The number of rotatable bonds is 5. The van der Waals surface area contributed by atoms with Crippen molar-refractivity contribution in [3.8, 4) is 0 Å². The normalized spacial score (nSPS) is 12.2. The molecule has 0 aliphatic rings. The quantitative estimate of drug-likeness (QED) is 0.670. The average Bonchev–Trinajstić information content (AvgIpc) is 2.36. The molecule has 1 atom stereocenters. The van der Waals surface area contributed by atoms with Crippen molar-refractivity contribution >= 4 is 23.5 Å². The molecule has 0 saturated carbocycles. The maximum atomic E-state index is 11.5. The van der Waals surface area contributed by atoms with E-state index in [1.54, 1.807) is 12.1 Å². The van der Waals surface area contributed by atoms with Crippen molar-refractivity contribution in [2.45, 2.75) is 39.3 Å². The molecule has 0 heterocycles. The van der Waals surface area contributed by atoms with Crippen molar-refractivity contribution in [1.82, 2.24) is 5.32 Å². The minimum atomic E-state index is -0.601. The van der Waals surface area contributed by atoms with Crippen LogP contribution in [-0.4, -0.2) is 30.3 Å². The Labute approximate surface area is 130 Å². The zero-order valence-electron chi connectivity index (χ0n) is 13.4. The van der Waals surface area contributed by atoms with E-state index in [2.05, 4.69) is 16.0 Å². The summed E-state index contributed by atoms with van der Waals surface area (Å²) in [5, 5.41) is 8.41. The summed E-state index contributed by atoms with van der Waals surface area (Å²) >= 11 is 0. The fraction of sp³-hybridized carbons (Fsp3) is 0.467. The molecule has 7 heteroatoms. The van der Waals surface area contributed by atoms with Crippen molar-refractivity contribution in [3.05, 3.63) is 24.3 Å². The van der Waals surface area contributed by atoms with Gasteiger partial charge in [0.2, 0.25) is 0 Å². The predicted molar refractivity (Wildman–Crippen MR) is 87.0 cm³/mol. The van der Waals surface area contributed by atoms with Crippen LogP contribution in [0.4, 0.5) is 21.0 Å². The first kappa shape index (κ1) is 17.6. The van der Waals surface area contributed by atoms with Gasteiger partial charge in [0.15, 0.2) is 0 Å². The number of urea groups is 1. The third-order valence-electron chi connectivity index (χ3n) is 2.52. The second kappa shape index (κ2) is 7.53. The van der Waals surface area contributed by atoms with E-state index < -0.39 is 17.7 Å². The van der Waals surface area contributed by atoms with Crippen molar-refractivity contribution in [1.29, 1.82) is 0 Å². The molecule has 0 saturated heterocycles. The summed E-state index contributed by atoms with van der Waals surface area (Å²) in [4.78, 5) is 22.3. The van der Waals surface area contributed by atoms with Gasteiger partial charge >= 0.3 is 12.1 Å². The van der Waals surface area contributed by atoms with Gasteiger partial charge in [0.25, 0.3) is 0 Å². The molecule has 5 N–H and O–H groups in total. The van der Waals surface area contributed by atoms with Gasteiger partial charge in [-0.15, -0.1) is 0 Å². The molecule has 7 nitrogen and oxygen atoms in total. The van der Waals surface area contributed by atoms with Gasteiger partial charge < -0.3 is 26.4 Å². The molecule has 1 aromatic rings. The average molecular weight is 308 g/mol. The van der Waals surface area contributed by atoms with E-state index in [4.69, 9.17) is 10.5 Å². The first-order valence-electron chi connectivity index (χ1n) is 7.05. The highest BCUT2D eigenvalue weighted by Crippen LogP contribution is 2.14. The number of carbonyl (C=O) groups is 2. The Morgan fingerprint density at radius 3 is 2.23 bits per heavy atom. The molecular weight excluding hydrogens is 284 g/mol. The van der Waals surface area contributed by atoms with E-state index in [9.17, 15) is 9.59 Å². The minimum absolute atomic E-state index is 0.0162. The topological polar surface area (TPSA) is 105 Å². The van der Waals surface area contributed by atoms with Crippen LogP contribution in [0.15, 0.2) is 24.3 Å². The van der Waals surface area contributed by atoms with Gasteiger partial charge in [-0.25, -0.2) is 9.59 Å². The minimum Gasteiger partial charge on any atom is -0.444 e. The van der Waals surface area contributed by atoms with Crippen LogP contribution in [0, 0.1) is 0 Å². The number of amides is 3. The number of benzene rings is 1. The lowest BCUT2D eigenvalue weighted by Crippen LogP contribution is -2.38. The lowest BCUT2D eigenvalue weighted by molar-refractivity contribution is 0.0526. The molecule has 0 radical (unpaired) electrons. The van der Waals surface area contributed by atoms with Gasteiger partial charge in [-0.05, 0) is 52.0 Å². The lowest BCUT2D eigenvalue weighted by atomic mass is 10.2. The monoisotopic (exact) mass is 308 g/mol. The molecule has 1 rings (SSSR count). The van der Waals surface area contributed by atoms with E-state index in [-0.39, 0.29) is 6.04 Å². The van der Waals surface area contributed by atoms with E-state index in [0.717, 1.165) is 5.69 Å². The maximum Gasteiger partial charge on any atom is 0.407 e. The zero-order chi connectivity index (χ0) is 16.8. The Balaban J connectivity index is 2.40. The molecule has 22 heavy (non-hydrogen) atoms. The van der Waals surface area contributed by atoms with Crippen LogP contribution in [0.5, 0.6) is 0 Å². The molecule has 0 spiro atoms. The summed E-state index contributed by atoms with van der Waals surface area (Å²) < 4.78 is 5.16. The number of alkyl carbamates (subject to hydrolysis) is 1. The predicted octanol–water partition coefficient (Wildman–Crippen LogP) is 2.50. The molecule has 0 fully saturated rings. The number of hydrogen-bond donors (Lipinski definition) is 4. The largest absolute Gasteiger partial charge is 0.444 e. The summed E-state index contributed by atoms with van der Waals surface area (Å²) in [6, 6.07) is 6.52. The van der Waals surface area contributed by atoms with Gasteiger partial charge in [-0.3, -0.25) is 0 Å². The standard InChI is InChI=1S/C15H24N4O3/c1-10(9-17-14(21)22-15(2,3)4)18-11-5-7-12(8-6-11)19-13(16)20/h5-8,10,18H,9H2,1-4H3,(H,17,21)(H3,16,19,20). The van der Waals surface area contributed by atoms with Crippen LogP contribution >= 0.6 is 0 Å². The van der Waals surface area contributed by atoms with E-state index in [1.807, 2.05) is 39.8 Å². The number of primary amides is 1. The molecular formula is C15H24N4O3. The third-order valence-corrected chi connectivity index (χ3v) is 2.52. The Morgan fingerprint density at radius 2 is 1.73 bits per heavy atom. The number of hydrogen-bond acceptors (Lipinski definition) is 4. The smallest absolute Gasteiger partial charge is 0.407 e. The summed E-state index contributed by atoms with van der Waals surface area (Å²) in [6.07, 6.45) is -0.442. The summed E-state index contributed by atoms with van der Waals surface area (Å²) in [6.45, 7) is 7.81. The molecule has 122 valence electrons. The first-order valence-corrected chi connectivity index (χ1v) is 7.05. The summed E-state index contributed by atoms with van der Waals surface area (Å²) in [5.41, 5.74) is 6.02. The van der Waals surface area contributed by atoms with Gasteiger partial charge in [0, 0.05) is 24.0 Å². The maximum absolute atomic E-state index is 11.5. The Bertz CT molecular complexity index is 509. The van der Waals surface area contributed by atoms with Gasteiger partial charge in [0.1, 0.15) is 5.60 Å². The van der Waals surface area contributed by atoms with Crippen LogP contribution in [0.1, 0.15) is 27.7 Å². The van der Waals surface area contributed by atoms with Crippen molar-refractivity contribution < 1.29 is 14.3 Å². The molecule has 1 unspecified atom stereocenters. The van der Waals surface area contributed by atoms with Crippen molar-refractivity contribution in [3.63, 3.8) is 0 Å². The third kappa shape index (κ3) is 7.37. The van der Waals surface area contributed by atoms with Crippen LogP contribution in [0.25, 0.3) is 0 Å². The number of anilines is 2. The highest BCUT2D eigenvalue weighted by Gasteiger charge is 2.16. The SMILES string of the molecule is CC(CNC(=O)OC(C)(C)C)Nc1ccc(NC(N)=O)cc1. The lowest BCUT2D eigenvalue weighted by Gasteiger charge is -2.21. The highest BCUT2D eigenvalue weighted by molar-refractivity contribution is 5.87. The molecule has 3 amide bonds. The molecule has 0 aliphatic carbocycles. The Kier molecular flexibility index (Phi) is 6.03. The van der Waals surface area contributed by atoms with Gasteiger partial charge in [-0.1, -0.05) is 0 Å². The van der Waals surface area contributed by atoms with Crippen LogP contribution < -0.4 is 21.7 Å². The number of nitrogens with one attached hydrogen (secondary N) is 3. The number of ether oxygens (including phenoxy) is 1. The van der Waals surface area contributed by atoms with Crippen LogP contribution in [0.3, 0.4) is 0 Å². The van der Waals surface area contributed by atoms with E-state index >= 15 is 0 Å². The van der Waals surface area contributed by atoms with Gasteiger partial charge in [-0.2, -0.15) is 0 Å². The number of nitrogens with two attached hydrogens (primary N) is 1. The van der Waals surface area contributed by atoms with Crippen molar-refractivity contribution in [2.24, 2.45) is 5.73 Å². The zero-order valence-corrected chi connectivity index (χ0v) is 13.4. The number of carbonyl (C=O) groups excluding carboxylic acids is 2. The van der Waals surface area contributed by atoms with E-state index in [0.29, 0.717) is 12.2 Å². The first-order chi connectivity index (χ1) is 10.2. The summed E-state index contributed by atoms with van der Waals surface area (Å²) in [5.74, 6) is 0. The van der Waals surface area contributed by atoms with Gasteiger partial charge in [0.05, 0.1) is 0 Å². The fourth-order valence-electron chi connectivity index (χ4n) is 1.68. The molecule has 0 bridgehead atoms. The Hall–Kier alpha value is -2.44. The summed E-state index contributed by atoms with van der Waals surface area (Å²) in [7, 11) is 0.